The molecule has 0 amide bonds. The first kappa shape index (κ1) is 22.7. The van der Waals surface area contributed by atoms with Crippen molar-refractivity contribution in [3.05, 3.63) is 12.8 Å². The Morgan fingerprint density at radius 3 is 1.18 bits per heavy atom. The average molecular weight is 285 g/mol. The predicted molar refractivity (Wildman–Crippen MR) is 77.5 cm³/mol. The van der Waals surface area contributed by atoms with Crippen LogP contribution in [0.4, 0.5) is 0 Å². The Bertz CT molecular complexity index is 67.5. The second kappa shape index (κ2) is 25.4. The quantitative estimate of drug-likeness (QED) is 0.249. The number of hydrogen-bond acceptors (Lipinski definition) is 0. The molecule has 0 saturated heterocycles. The van der Waals surface area contributed by atoms with Gasteiger partial charge in [0.05, 0.1) is 0 Å². The van der Waals surface area contributed by atoms with Crippen LogP contribution in [-0.2, 0) is 16.5 Å². The Kier molecular flexibility index (Phi) is 33.8. The van der Waals surface area contributed by atoms with Crippen molar-refractivity contribution in [1.82, 2.24) is 0 Å². The van der Waals surface area contributed by atoms with E-state index in [0.29, 0.717) is 0 Å². The van der Waals surface area contributed by atoms with Crippen LogP contribution in [0.3, 0.4) is 0 Å². The largest absolute Gasteiger partial charge is 2.00 e. The molecule has 0 radical (unpaired) electrons. The minimum atomic E-state index is 0. The Morgan fingerprint density at radius 2 is 0.941 bits per heavy atom. The van der Waals surface area contributed by atoms with E-state index in [-0.39, 0.29) is 16.5 Å². The van der Waals surface area contributed by atoms with Crippen LogP contribution in [0.2, 0.25) is 0 Å². The zero-order valence-electron chi connectivity index (χ0n) is 12.5. The summed E-state index contributed by atoms with van der Waals surface area (Å²) in [7, 11) is 0. The van der Waals surface area contributed by atoms with Gasteiger partial charge in [-0.05, 0) is 0 Å². The molecule has 0 aliphatic heterocycles. The maximum atomic E-state index is 2.25. The summed E-state index contributed by atoms with van der Waals surface area (Å²) in [4.78, 5) is 0. The van der Waals surface area contributed by atoms with Gasteiger partial charge < -0.3 is 12.8 Å². The van der Waals surface area contributed by atoms with E-state index in [9.17, 15) is 0 Å². The molecule has 0 atom stereocenters. The molecule has 0 aromatic heterocycles. The molecule has 0 bridgehead atoms. The third kappa shape index (κ3) is 31.5. The van der Waals surface area contributed by atoms with Gasteiger partial charge in [0, 0.05) is 0 Å². The van der Waals surface area contributed by atoms with Crippen molar-refractivity contribution in [3.63, 3.8) is 0 Å². The van der Waals surface area contributed by atoms with Crippen LogP contribution < -0.4 is 0 Å². The molecule has 0 heterocycles. The Labute approximate surface area is 121 Å². The van der Waals surface area contributed by atoms with E-state index in [2.05, 4.69) is 40.5 Å². The van der Waals surface area contributed by atoms with Gasteiger partial charge in [0.2, 0.25) is 0 Å². The SMILES string of the molecule is C[CH-]CCCCCC.C[CH-]CCCCCC.[Ni+2]. The van der Waals surface area contributed by atoms with Crippen molar-refractivity contribution in [1.29, 1.82) is 0 Å². The van der Waals surface area contributed by atoms with Crippen LogP contribution in [-0.4, -0.2) is 0 Å². The molecule has 0 unspecified atom stereocenters. The Morgan fingerprint density at radius 1 is 0.588 bits per heavy atom. The second-order valence-corrected chi connectivity index (χ2v) is 4.52. The summed E-state index contributed by atoms with van der Waals surface area (Å²) in [6, 6.07) is 0. The fourth-order valence-corrected chi connectivity index (χ4v) is 1.55. The monoisotopic (exact) mass is 284 g/mol. The molecule has 0 aliphatic carbocycles. The molecule has 0 rings (SSSR count). The molecular weight excluding hydrogens is 251 g/mol. The minimum Gasteiger partial charge on any atom is -0.332 e. The van der Waals surface area contributed by atoms with Crippen molar-refractivity contribution in [3.8, 4) is 0 Å². The van der Waals surface area contributed by atoms with E-state index in [4.69, 9.17) is 0 Å². The number of unbranched alkanes of at least 4 members (excludes halogenated alkanes) is 10. The topological polar surface area (TPSA) is 0 Å². The minimum absolute atomic E-state index is 0. The van der Waals surface area contributed by atoms with E-state index in [0.717, 1.165) is 0 Å². The van der Waals surface area contributed by atoms with E-state index in [1.54, 1.807) is 0 Å². The van der Waals surface area contributed by atoms with Crippen LogP contribution >= 0.6 is 0 Å². The third-order valence-electron chi connectivity index (χ3n) is 2.69. The summed E-state index contributed by atoms with van der Waals surface area (Å²) in [5, 5.41) is 0. The van der Waals surface area contributed by atoms with Gasteiger partial charge in [-0.2, -0.15) is 26.7 Å². The van der Waals surface area contributed by atoms with Crippen molar-refractivity contribution >= 4 is 0 Å². The zero-order chi connectivity index (χ0) is 12.5. The van der Waals surface area contributed by atoms with E-state index >= 15 is 0 Å². The normalized spacial score (nSPS) is 9.18. The molecule has 0 nitrogen and oxygen atoms in total. The Hall–Kier alpha value is 0.494. The molecule has 1 heteroatoms. The molecule has 0 aliphatic rings. The van der Waals surface area contributed by atoms with Crippen molar-refractivity contribution in [2.24, 2.45) is 0 Å². The molecule has 0 saturated carbocycles. The second-order valence-electron chi connectivity index (χ2n) is 4.52. The van der Waals surface area contributed by atoms with Crippen molar-refractivity contribution in [2.75, 3.05) is 0 Å². The molecule has 0 spiro atoms. The molecule has 0 fully saturated rings. The van der Waals surface area contributed by atoms with Gasteiger partial charge in [-0.3, -0.25) is 0 Å². The maximum absolute atomic E-state index is 2.25. The van der Waals surface area contributed by atoms with Crippen LogP contribution in [0.25, 0.3) is 0 Å². The fourth-order valence-electron chi connectivity index (χ4n) is 1.55. The van der Waals surface area contributed by atoms with Crippen LogP contribution in [0, 0.1) is 12.8 Å². The Balaban J connectivity index is -0.000000218. The fraction of sp³-hybridized carbons (Fsp3) is 0.875. The predicted octanol–water partition coefficient (Wildman–Crippen LogP) is 6.36. The van der Waals surface area contributed by atoms with Gasteiger partial charge in [-0.15, -0.1) is 0 Å². The first-order valence-electron chi connectivity index (χ1n) is 7.39. The molecule has 0 N–H and O–H groups in total. The van der Waals surface area contributed by atoms with Gasteiger partial charge in [-0.25, -0.2) is 0 Å². The van der Waals surface area contributed by atoms with E-state index < -0.39 is 0 Å². The van der Waals surface area contributed by atoms with E-state index in [1.165, 1.54) is 64.2 Å². The summed E-state index contributed by atoms with van der Waals surface area (Å²) in [5.74, 6) is 0. The molecule has 0 aromatic carbocycles. The average Bonchev–Trinajstić information content (AvgIpc) is 2.31. The van der Waals surface area contributed by atoms with Crippen LogP contribution in [0.15, 0.2) is 0 Å². The summed E-state index contributed by atoms with van der Waals surface area (Å²) in [6.07, 6.45) is 18.2. The van der Waals surface area contributed by atoms with Crippen LogP contribution in [0.1, 0.15) is 91.9 Å². The number of rotatable bonds is 10. The van der Waals surface area contributed by atoms with Gasteiger partial charge >= 0.3 is 16.5 Å². The molecular formula is C16H34Ni. The number of hydrogen-bond donors (Lipinski definition) is 0. The smallest absolute Gasteiger partial charge is 0.332 e. The first-order chi connectivity index (χ1) is 7.83. The van der Waals surface area contributed by atoms with Crippen molar-refractivity contribution in [2.45, 2.75) is 91.9 Å². The van der Waals surface area contributed by atoms with Gasteiger partial charge in [0.1, 0.15) is 0 Å². The molecule has 108 valence electrons. The zero-order valence-corrected chi connectivity index (χ0v) is 13.5. The standard InChI is InChI=1S/2C8H17.Ni/c2*1-3-5-7-8-6-4-2;/h2*3H,4-8H2,1-2H3;/q2*-1;+2. The summed E-state index contributed by atoms with van der Waals surface area (Å²) >= 11 is 0. The maximum Gasteiger partial charge on any atom is 2.00 e. The van der Waals surface area contributed by atoms with Gasteiger partial charge in [0.25, 0.3) is 0 Å². The molecule has 17 heavy (non-hydrogen) atoms. The van der Waals surface area contributed by atoms with Crippen LogP contribution in [0.5, 0.6) is 0 Å². The molecule has 0 aromatic rings. The van der Waals surface area contributed by atoms with Gasteiger partial charge in [-0.1, -0.05) is 65.2 Å². The van der Waals surface area contributed by atoms with Gasteiger partial charge in [0.15, 0.2) is 0 Å². The first-order valence-corrected chi connectivity index (χ1v) is 7.39. The third-order valence-corrected chi connectivity index (χ3v) is 2.69. The summed E-state index contributed by atoms with van der Waals surface area (Å²) < 4.78 is 0. The van der Waals surface area contributed by atoms with E-state index in [1.807, 2.05) is 0 Å². The summed E-state index contributed by atoms with van der Waals surface area (Å²) in [6.45, 7) is 8.75. The van der Waals surface area contributed by atoms with Crippen molar-refractivity contribution < 1.29 is 16.5 Å². The summed E-state index contributed by atoms with van der Waals surface area (Å²) in [5.41, 5.74) is 0.